The molecule has 2 rings (SSSR count). The Kier molecular flexibility index (Phi) is 3.96. The molecule has 0 bridgehead atoms. The Morgan fingerprint density at radius 2 is 1.84 bits per heavy atom. The maximum absolute atomic E-state index is 12.0. The summed E-state index contributed by atoms with van der Waals surface area (Å²) in [4.78, 5) is 12.0. The van der Waals surface area contributed by atoms with Gasteiger partial charge in [-0.3, -0.25) is 0 Å². The molecule has 0 radical (unpaired) electrons. The van der Waals surface area contributed by atoms with Gasteiger partial charge in [0.1, 0.15) is 17.1 Å². The van der Waals surface area contributed by atoms with Crippen LogP contribution in [0.5, 0.6) is 0 Å². The van der Waals surface area contributed by atoms with Gasteiger partial charge in [0.2, 0.25) is 0 Å². The monoisotopic (exact) mass is 278 g/mol. The maximum Gasteiger partial charge on any atom is 0.342 e. The fraction of sp³-hybridized carbons (Fsp3) is 0.267. The predicted molar refractivity (Wildman–Crippen MR) is 74.6 cm³/mol. The summed E-state index contributed by atoms with van der Waals surface area (Å²) >= 11 is 5.88. The number of furan rings is 1. The third-order valence-electron chi connectivity index (χ3n) is 2.87. The molecule has 0 aliphatic rings. The quantitative estimate of drug-likeness (QED) is 0.782. The average molecular weight is 279 g/mol. The van der Waals surface area contributed by atoms with Crippen molar-refractivity contribution in [3.05, 3.63) is 46.4 Å². The molecule has 1 heterocycles. The zero-order valence-corrected chi connectivity index (χ0v) is 11.9. The molecule has 0 N–H and O–H groups in total. The van der Waals surface area contributed by atoms with Crippen LogP contribution in [0.3, 0.4) is 0 Å². The van der Waals surface area contributed by atoms with Crippen molar-refractivity contribution in [2.45, 2.75) is 20.8 Å². The van der Waals surface area contributed by atoms with E-state index in [4.69, 9.17) is 20.8 Å². The Morgan fingerprint density at radius 3 is 2.42 bits per heavy atom. The number of rotatable bonds is 3. The molecule has 19 heavy (non-hydrogen) atoms. The van der Waals surface area contributed by atoms with E-state index in [1.165, 1.54) is 0 Å². The van der Waals surface area contributed by atoms with Crippen LogP contribution in [0.25, 0.3) is 11.1 Å². The van der Waals surface area contributed by atoms with Crippen molar-refractivity contribution in [3.8, 4) is 11.1 Å². The Hall–Kier alpha value is -1.74. The summed E-state index contributed by atoms with van der Waals surface area (Å²) < 4.78 is 10.6. The van der Waals surface area contributed by atoms with E-state index in [9.17, 15) is 4.79 Å². The molecule has 0 aliphatic carbocycles. The first kappa shape index (κ1) is 13.7. The summed E-state index contributed by atoms with van der Waals surface area (Å²) in [6, 6.07) is 7.30. The second-order valence-electron chi connectivity index (χ2n) is 4.19. The van der Waals surface area contributed by atoms with Crippen molar-refractivity contribution < 1.29 is 13.9 Å². The van der Waals surface area contributed by atoms with Gasteiger partial charge in [-0.2, -0.15) is 0 Å². The van der Waals surface area contributed by atoms with Crippen molar-refractivity contribution in [1.29, 1.82) is 0 Å². The van der Waals surface area contributed by atoms with Crippen LogP contribution in [0.15, 0.2) is 28.7 Å². The average Bonchev–Trinajstić information content (AvgIpc) is 2.65. The zero-order chi connectivity index (χ0) is 14.0. The van der Waals surface area contributed by atoms with E-state index in [1.54, 1.807) is 26.0 Å². The Balaban J connectivity index is 2.56. The van der Waals surface area contributed by atoms with Gasteiger partial charge < -0.3 is 9.15 Å². The number of esters is 1. The van der Waals surface area contributed by atoms with E-state index in [-0.39, 0.29) is 5.97 Å². The second kappa shape index (κ2) is 5.49. The van der Waals surface area contributed by atoms with Crippen molar-refractivity contribution in [2.24, 2.45) is 0 Å². The molecule has 2 aromatic rings. The fourth-order valence-electron chi connectivity index (χ4n) is 2.10. The molecule has 0 unspecified atom stereocenters. The first-order valence-electron chi connectivity index (χ1n) is 6.07. The molecule has 0 fully saturated rings. The van der Waals surface area contributed by atoms with Crippen LogP contribution in [-0.2, 0) is 4.74 Å². The predicted octanol–water partition coefficient (Wildman–Crippen LogP) is 4.39. The third kappa shape index (κ3) is 2.66. The number of aryl methyl sites for hydroxylation is 2. The van der Waals surface area contributed by atoms with Gasteiger partial charge in [-0.25, -0.2) is 4.79 Å². The molecular weight excluding hydrogens is 264 g/mol. The number of benzene rings is 1. The van der Waals surface area contributed by atoms with Gasteiger partial charge in [0.15, 0.2) is 0 Å². The van der Waals surface area contributed by atoms with E-state index in [0.717, 1.165) is 11.1 Å². The SMILES string of the molecule is CCOC(=O)c1c(C)oc(C)c1-c1ccc(Cl)cc1. The molecular formula is C15H15ClO3. The van der Waals surface area contributed by atoms with Crippen molar-refractivity contribution in [2.75, 3.05) is 6.61 Å². The first-order chi connectivity index (χ1) is 9.04. The molecule has 0 amide bonds. The van der Waals surface area contributed by atoms with Crippen LogP contribution in [0.4, 0.5) is 0 Å². The summed E-state index contributed by atoms with van der Waals surface area (Å²) in [7, 11) is 0. The highest BCUT2D eigenvalue weighted by Gasteiger charge is 2.23. The normalized spacial score (nSPS) is 10.5. The van der Waals surface area contributed by atoms with Crippen molar-refractivity contribution in [3.63, 3.8) is 0 Å². The summed E-state index contributed by atoms with van der Waals surface area (Å²) in [6.07, 6.45) is 0. The van der Waals surface area contributed by atoms with Crippen molar-refractivity contribution >= 4 is 17.6 Å². The Morgan fingerprint density at radius 1 is 1.21 bits per heavy atom. The molecule has 0 atom stereocenters. The molecule has 3 nitrogen and oxygen atoms in total. The lowest BCUT2D eigenvalue weighted by Gasteiger charge is -2.05. The maximum atomic E-state index is 12.0. The highest BCUT2D eigenvalue weighted by Crippen LogP contribution is 2.33. The van der Waals surface area contributed by atoms with E-state index in [2.05, 4.69) is 0 Å². The van der Waals surface area contributed by atoms with Gasteiger partial charge >= 0.3 is 5.97 Å². The lowest BCUT2D eigenvalue weighted by atomic mass is 10.0. The largest absolute Gasteiger partial charge is 0.465 e. The molecule has 1 aromatic heterocycles. The third-order valence-corrected chi connectivity index (χ3v) is 3.12. The van der Waals surface area contributed by atoms with Crippen molar-refractivity contribution in [1.82, 2.24) is 0 Å². The lowest BCUT2D eigenvalue weighted by Crippen LogP contribution is -2.06. The summed E-state index contributed by atoms with van der Waals surface area (Å²) in [5.74, 6) is 0.908. The number of hydrogen-bond donors (Lipinski definition) is 0. The standard InChI is InChI=1S/C15H15ClO3/c1-4-18-15(17)14-10(3)19-9(2)13(14)11-5-7-12(16)8-6-11/h5-8H,4H2,1-3H3. The minimum absolute atomic E-state index is 0.336. The van der Waals surface area contributed by atoms with Crippen LogP contribution in [0.1, 0.15) is 28.8 Å². The Labute approximate surface area is 117 Å². The zero-order valence-electron chi connectivity index (χ0n) is 11.1. The minimum atomic E-state index is -0.359. The van der Waals surface area contributed by atoms with E-state index in [0.29, 0.717) is 28.7 Å². The number of ether oxygens (including phenoxy) is 1. The smallest absolute Gasteiger partial charge is 0.342 e. The number of carbonyl (C=O) groups is 1. The molecule has 4 heteroatoms. The molecule has 0 spiro atoms. The van der Waals surface area contributed by atoms with E-state index < -0.39 is 0 Å². The summed E-state index contributed by atoms with van der Waals surface area (Å²) in [6.45, 7) is 5.71. The van der Waals surface area contributed by atoms with Gasteiger partial charge in [0, 0.05) is 10.6 Å². The molecule has 0 saturated carbocycles. The number of halogens is 1. The van der Waals surface area contributed by atoms with Crippen LogP contribution >= 0.6 is 11.6 Å². The fourth-order valence-corrected chi connectivity index (χ4v) is 2.22. The van der Waals surface area contributed by atoms with Gasteiger partial charge in [-0.1, -0.05) is 23.7 Å². The van der Waals surface area contributed by atoms with Crippen LogP contribution in [-0.4, -0.2) is 12.6 Å². The molecule has 1 aromatic carbocycles. The van der Waals surface area contributed by atoms with Gasteiger partial charge in [-0.05, 0) is 38.5 Å². The first-order valence-corrected chi connectivity index (χ1v) is 6.45. The highest BCUT2D eigenvalue weighted by atomic mass is 35.5. The van der Waals surface area contributed by atoms with E-state index >= 15 is 0 Å². The highest BCUT2D eigenvalue weighted by molar-refractivity contribution is 6.30. The van der Waals surface area contributed by atoms with Crippen LogP contribution in [0.2, 0.25) is 5.02 Å². The minimum Gasteiger partial charge on any atom is -0.465 e. The summed E-state index contributed by atoms with van der Waals surface area (Å²) in [5.41, 5.74) is 2.15. The van der Waals surface area contributed by atoms with Crippen LogP contribution in [0, 0.1) is 13.8 Å². The van der Waals surface area contributed by atoms with Crippen LogP contribution < -0.4 is 0 Å². The second-order valence-corrected chi connectivity index (χ2v) is 4.63. The topological polar surface area (TPSA) is 39.4 Å². The van der Waals surface area contributed by atoms with Gasteiger partial charge in [0.25, 0.3) is 0 Å². The molecule has 0 saturated heterocycles. The number of hydrogen-bond acceptors (Lipinski definition) is 3. The summed E-state index contributed by atoms with van der Waals surface area (Å²) in [5, 5.41) is 0.652. The lowest BCUT2D eigenvalue weighted by molar-refractivity contribution is 0.0525. The molecule has 0 aliphatic heterocycles. The molecule has 100 valence electrons. The number of carbonyl (C=O) groups excluding carboxylic acids is 1. The Bertz CT molecular complexity index is 597. The van der Waals surface area contributed by atoms with E-state index in [1.807, 2.05) is 19.1 Å². The van der Waals surface area contributed by atoms with Gasteiger partial charge in [0.05, 0.1) is 6.61 Å². The van der Waals surface area contributed by atoms with Gasteiger partial charge in [-0.15, -0.1) is 0 Å².